The fourth-order valence-corrected chi connectivity index (χ4v) is 2.81. The van der Waals surface area contributed by atoms with E-state index in [0.717, 1.165) is 61.9 Å². The molecule has 0 saturated carbocycles. The number of anilines is 1. The van der Waals surface area contributed by atoms with Gasteiger partial charge in [-0.25, -0.2) is 9.67 Å². The summed E-state index contributed by atoms with van der Waals surface area (Å²) in [5.41, 5.74) is 3.11. The Kier molecular flexibility index (Phi) is 4.38. The lowest BCUT2D eigenvalue weighted by molar-refractivity contribution is 0.724. The Morgan fingerprint density at radius 2 is 2.00 bits per heavy atom. The molecule has 0 unspecified atom stereocenters. The van der Waals surface area contributed by atoms with Crippen LogP contribution in [0.15, 0.2) is 12.1 Å². The highest BCUT2D eigenvalue weighted by molar-refractivity contribution is 5.42. The van der Waals surface area contributed by atoms with Gasteiger partial charge in [-0.3, -0.25) is 0 Å². The summed E-state index contributed by atoms with van der Waals surface area (Å²) in [7, 11) is 0. The average molecular weight is 300 g/mol. The van der Waals surface area contributed by atoms with Crippen LogP contribution in [0.2, 0.25) is 0 Å². The first-order chi connectivity index (χ1) is 10.7. The van der Waals surface area contributed by atoms with Crippen molar-refractivity contribution in [3.8, 4) is 5.95 Å². The third kappa shape index (κ3) is 3.11. The van der Waals surface area contributed by atoms with E-state index in [2.05, 4.69) is 39.4 Å². The van der Waals surface area contributed by atoms with Gasteiger partial charge in [0.15, 0.2) is 0 Å². The third-order valence-corrected chi connectivity index (χ3v) is 3.98. The number of nitrogens with one attached hydrogen (secondary N) is 1. The maximum absolute atomic E-state index is 4.78. The van der Waals surface area contributed by atoms with Crippen molar-refractivity contribution in [2.75, 3.05) is 31.1 Å². The van der Waals surface area contributed by atoms with Crippen molar-refractivity contribution in [2.45, 2.75) is 33.6 Å². The second kappa shape index (κ2) is 6.44. The molecule has 0 bridgehead atoms. The summed E-state index contributed by atoms with van der Waals surface area (Å²) >= 11 is 0. The molecule has 6 heteroatoms. The zero-order chi connectivity index (χ0) is 15.5. The topological polar surface area (TPSA) is 58.9 Å². The normalized spacial score (nSPS) is 15.9. The van der Waals surface area contributed by atoms with E-state index in [1.807, 2.05) is 18.5 Å². The maximum Gasteiger partial charge on any atom is 0.252 e. The molecule has 2 aromatic rings. The second-order valence-corrected chi connectivity index (χ2v) is 5.80. The summed E-state index contributed by atoms with van der Waals surface area (Å²) < 4.78 is 1.84. The van der Waals surface area contributed by atoms with Gasteiger partial charge < -0.3 is 10.2 Å². The molecule has 6 nitrogen and oxygen atoms in total. The van der Waals surface area contributed by atoms with Gasteiger partial charge in [-0.2, -0.15) is 10.1 Å². The Balaban J connectivity index is 2.00. The molecule has 3 rings (SSSR count). The zero-order valence-electron chi connectivity index (χ0n) is 13.6. The van der Waals surface area contributed by atoms with Crippen LogP contribution >= 0.6 is 0 Å². The molecule has 22 heavy (non-hydrogen) atoms. The molecule has 0 spiro atoms. The van der Waals surface area contributed by atoms with E-state index in [9.17, 15) is 0 Å². The summed E-state index contributed by atoms with van der Waals surface area (Å²) in [5.74, 6) is 1.69. The third-order valence-electron chi connectivity index (χ3n) is 3.98. The van der Waals surface area contributed by atoms with Crippen LogP contribution in [0, 0.1) is 13.8 Å². The number of rotatable bonds is 3. The summed E-state index contributed by atoms with van der Waals surface area (Å²) in [6.07, 6.45) is 2.04. The van der Waals surface area contributed by atoms with E-state index in [1.54, 1.807) is 0 Å². The van der Waals surface area contributed by atoms with Crippen LogP contribution in [0.4, 0.5) is 5.82 Å². The predicted octanol–water partition coefficient (Wildman–Crippen LogP) is 1.64. The molecule has 0 amide bonds. The number of aromatic nitrogens is 4. The molecule has 118 valence electrons. The number of hydrogen-bond donors (Lipinski definition) is 1. The molecule has 1 fully saturated rings. The van der Waals surface area contributed by atoms with Crippen LogP contribution in [0.3, 0.4) is 0 Å². The monoisotopic (exact) mass is 300 g/mol. The lowest BCUT2D eigenvalue weighted by atomic mass is 10.3. The first-order valence-corrected chi connectivity index (χ1v) is 8.04. The predicted molar refractivity (Wildman–Crippen MR) is 87.7 cm³/mol. The fourth-order valence-electron chi connectivity index (χ4n) is 2.81. The first-order valence-electron chi connectivity index (χ1n) is 8.04. The Bertz CT molecular complexity index is 640. The van der Waals surface area contributed by atoms with E-state index in [1.165, 1.54) is 0 Å². The number of nitrogens with zero attached hydrogens (tertiary/aromatic N) is 5. The van der Waals surface area contributed by atoms with Gasteiger partial charge in [-0.15, -0.1) is 0 Å². The Morgan fingerprint density at radius 3 is 2.73 bits per heavy atom. The molecule has 3 heterocycles. The van der Waals surface area contributed by atoms with Crippen LogP contribution in [0.5, 0.6) is 0 Å². The highest BCUT2D eigenvalue weighted by atomic mass is 15.4. The molecule has 1 N–H and O–H groups in total. The van der Waals surface area contributed by atoms with Crippen molar-refractivity contribution in [1.82, 2.24) is 25.1 Å². The molecule has 0 aliphatic carbocycles. The lowest BCUT2D eigenvalue weighted by Gasteiger charge is -2.22. The molecule has 1 saturated heterocycles. The summed E-state index contributed by atoms with van der Waals surface area (Å²) in [5, 5.41) is 7.95. The molecular weight excluding hydrogens is 276 g/mol. The van der Waals surface area contributed by atoms with E-state index in [-0.39, 0.29) is 0 Å². The minimum absolute atomic E-state index is 0.678. The molecular formula is C16H24N6. The van der Waals surface area contributed by atoms with Gasteiger partial charge in [0.25, 0.3) is 5.95 Å². The summed E-state index contributed by atoms with van der Waals surface area (Å²) in [6.45, 7) is 10.3. The Labute approximate surface area is 131 Å². The summed E-state index contributed by atoms with van der Waals surface area (Å²) in [6, 6.07) is 4.16. The molecule has 2 aromatic heterocycles. The van der Waals surface area contributed by atoms with Gasteiger partial charge in [0.05, 0.1) is 5.69 Å². The number of hydrogen-bond acceptors (Lipinski definition) is 5. The van der Waals surface area contributed by atoms with Crippen molar-refractivity contribution in [3.63, 3.8) is 0 Å². The SMILES string of the molecule is CCc1cc(N2CCCNCC2)nc(-n2nc(C)cc2C)n1. The summed E-state index contributed by atoms with van der Waals surface area (Å²) in [4.78, 5) is 11.8. The molecule has 0 radical (unpaired) electrons. The standard InChI is InChI=1S/C16H24N6/c1-4-14-11-15(21-8-5-6-17-7-9-21)19-16(18-14)22-13(3)10-12(2)20-22/h10-11,17H,4-9H2,1-3H3. The Hall–Kier alpha value is -1.95. The largest absolute Gasteiger partial charge is 0.355 e. The van der Waals surface area contributed by atoms with Gasteiger partial charge >= 0.3 is 0 Å². The van der Waals surface area contributed by atoms with Crippen molar-refractivity contribution in [2.24, 2.45) is 0 Å². The highest BCUT2D eigenvalue weighted by Gasteiger charge is 2.15. The van der Waals surface area contributed by atoms with Crippen LogP contribution in [0.1, 0.15) is 30.4 Å². The van der Waals surface area contributed by atoms with Crippen LogP contribution in [0.25, 0.3) is 5.95 Å². The van der Waals surface area contributed by atoms with Crippen molar-refractivity contribution in [3.05, 3.63) is 29.2 Å². The highest BCUT2D eigenvalue weighted by Crippen LogP contribution is 2.17. The van der Waals surface area contributed by atoms with Crippen molar-refractivity contribution in [1.29, 1.82) is 0 Å². The van der Waals surface area contributed by atoms with E-state index < -0.39 is 0 Å². The zero-order valence-corrected chi connectivity index (χ0v) is 13.6. The molecule has 0 aromatic carbocycles. The molecule has 1 aliphatic heterocycles. The van der Waals surface area contributed by atoms with Crippen LogP contribution < -0.4 is 10.2 Å². The lowest BCUT2D eigenvalue weighted by Crippen LogP contribution is -2.29. The van der Waals surface area contributed by atoms with Crippen molar-refractivity contribution >= 4 is 5.82 Å². The molecule has 0 atom stereocenters. The van der Waals surface area contributed by atoms with Gasteiger partial charge in [0.1, 0.15) is 5.82 Å². The molecule has 1 aliphatic rings. The second-order valence-electron chi connectivity index (χ2n) is 5.80. The van der Waals surface area contributed by atoms with Gasteiger partial charge in [-0.1, -0.05) is 6.92 Å². The van der Waals surface area contributed by atoms with E-state index >= 15 is 0 Å². The van der Waals surface area contributed by atoms with Crippen LogP contribution in [-0.4, -0.2) is 45.9 Å². The number of aryl methyl sites for hydroxylation is 3. The minimum Gasteiger partial charge on any atom is -0.355 e. The Morgan fingerprint density at radius 1 is 1.14 bits per heavy atom. The first kappa shape index (κ1) is 15.0. The van der Waals surface area contributed by atoms with Gasteiger partial charge in [0.2, 0.25) is 0 Å². The fraction of sp³-hybridized carbons (Fsp3) is 0.562. The average Bonchev–Trinajstić information content (AvgIpc) is 2.73. The maximum atomic E-state index is 4.78. The quantitative estimate of drug-likeness (QED) is 0.934. The van der Waals surface area contributed by atoms with Crippen LogP contribution in [-0.2, 0) is 6.42 Å². The van der Waals surface area contributed by atoms with E-state index in [4.69, 9.17) is 4.98 Å². The minimum atomic E-state index is 0.678. The van der Waals surface area contributed by atoms with Gasteiger partial charge in [0, 0.05) is 37.1 Å². The van der Waals surface area contributed by atoms with Gasteiger partial charge in [-0.05, 0) is 39.3 Å². The van der Waals surface area contributed by atoms with Crippen molar-refractivity contribution < 1.29 is 0 Å². The van der Waals surface area contributed by atoms with E-state index in [0.29, 0.717) is 5.95 Å². The smallest absolute Gasteiger partial charge is 0.252 e.